The molecule has 2 aliphatic carbocycles. The molecule has 0 aromatic heterocycles. The van der Waals surface area contributed by atoms with Gasteiger partial charge in [-0.1, -0.05) is 55.7 Å². The van der Waals surface area contributed by atoms with Crippen LogP contribution in [0.3, 0.4) is 0 Å². The normalized spacial score (nSPS) is 19.9. The summed E-state index contributed by atoms with van der Waals surface area (Å²) in [4.78, 5) is 22.9. The van der Waals surface area contributed by atoms with Crippen LogP contribution in [0.25, 0.3) is 0 Å². The second kappa shape index (κ2) is 10.5. The van der Waals surface area contributed by atoms with E-state index in [-0.39, 0.29) is 0 Å². The molecule has 0 unspecified atom stereocenters. The fraction of sp³-hybridized carbons (Fsp3) is 0.652. The summed E-state index contributed by atoms with van der Waals surface area (Å²) in [5, 5.41) is 18.9. The van der Waals surface area contributed by atoms with Crippen molar-refractivity contribution in [3.63, 3.8) is 0 Å². The van der Waals surface area contributed by atoms with Crippen molar-refractivity contribution in [2.45, 2.75) is 83.5 Å². The lowest BCUT2D eigenvalue weighted by atomic mass is 9.80. The Balaban J connectivity index is 1.48. The van der Waals surface area contributed by atoms with Gasteiger partial charge in [0, 0.05) is 0 Å². The predicted molar refractivity (Wildman–Crippen MR) is 108 cm³/mol. The van der Waals surface area contributed by atoms with Crippen LogP contribution in [0.5, 0.6) is 0 Å². The van der Waals surface area contributed by atoms with Crippen molar-refractivity contribution in [2.24, 2.45) is 10.8 Å². The van der Waals surface area contributed by atoms with Crippen LogP contribution in [-0.2, 0) is 9.59 Å². The van der Waals surface area contributed by atoms with E-state index in [9.17, 15) is 19.8 Å². The summed E-state index contributed by atoms with van der Waals surface area (Å²) in [6.07, 6.45) is 23.9. The SMILES string of the molecule is O=C(O)C1(CCCC/C=C\CCCCCC2(C(=O)O)CC=CC2)CC=CC1. The molecule has 2 rings (SSSR count). The van der Waals surface area contributed by atoms with Gasteiger partial charge in [0.2, 0.25) is 0 Å². The maximum Gasteiger partial charge on any atom is 0.310 e. The largest absolute Gasteiger partial charge is 0.481 e. The molecule has 0 spiro atoms. The molecule has 27 heavy (non-hydrogen) atoms. The van der Waals surface area contributed by atoms with Gasteiger partial charge in [0.1, 0.15) is 0 Å². The number of aliphatic carboxylic acids is 2. The molecule has 0 bridgehead atoms. The highest BCUT2D eigenvalue weighted by Gasteiger charge is 2.38. The molecule has 2 aliphatic rings. The summed E-state index contributed by atoms with van der Waals surface area (Å²) in [5.74, 6) is -1.30. The molecule has 2 N–H and O–H groups in total. The molecule has 0 fully saturated rings. The molecule has 4 heteroatoms. The summed E-state index contributed by atoms with van der Waals surface area (Å²) in [6, 6.07) is 0. The Hall–Kier alpha value is -1.84. The first-order valence-corrected chi connectivity index (χ1v) is 10.4. The monoisotopic (exact) mass is 374 g/mol. The molecule has 0 aromatic rings. The second-order valence-electron chi connectivity index (χ2n) is 8.25. The van der Waals surface area contributed by atoms with E-state index in [1.54, 1.807) is 0 Å². The minimum absolute atomic E-state index is 0.530. The standard InChI is InChI=1S/C23H34O4/c24-20(25)22(16-10-11-17-22)14-8-6-4-2-1-3-5-7-9-15-23(21(26)27)18-12-13-19-23/h1-2,10-13H,3-9,14-19H2,(H,24,25)(H,26,27)/b2-1-. The lowest BCUT2D eigenvalue weighted by molar-refractivity contribution is -0.149. The Morgan fingerprint density at radius 3 is 1.44 bits per heavy atom. The van der Waals surface area contributed by atoms with E-state index in [1.807, 2.05) is 24.3 Å². The van der Waals surface area contributed by atoms with Gasteiger partial charge in [-0.05, 0) is 64.2 Å². The van der Waals surface area contributed by atoms with Gasteiger partial charge in [0.15, 0.2) is 0 Å². The Kier molecular flexibility index (Phi) is 8.33. The van der Waals surface area contributed by atoms with Crippen LogP contribution < -0.4 is 0 Å². The van der Waals surface area contributed by atoms with Gasteiger partial charge in [-0.15, -0.1) is 0 Å². The number of allylic oxidation sites excluding steroid dienone is 6. The third kappa shape index (κ3) is 6.08. The van der Waals surface area contributed by atoms with Crippen LogP contribution in [0.4, 0.5) is 0 Å². The van der Waals surface area contributed by atoms with Crippen molar-refractivity contribution >= 4 is 11.9 Å². The van der Waals surface area contributed by atoms with E-state index < -0.39 is 22.8 Å². The molecule has 4 nitrogen and oxygen atoms in total. The summed E-state index contributed by atoms with van der Waals surface area (Å²) in [6.45, 7) is 0. The van der Waals surface area contributed by atoms with Gasteiger partial charge >= 0.3 is 11.9 Å². The first-order chi connectivity index (χ1) is 13.0. The molecule has 150 valence electrons. The quantitative estimate of drug-likeness (QED) is 0.311. The van der Waals surface area contributed by atoms with E-state index in [0.29, 0.717) is 25.7 Å². The maximum absolute atomic E-state index is 11.5. The van der Waals surface area contributed by atoms with E-state index in [0.717, 1.165) is 57.8 Å². The Morgan fingerprint density at radius 2 is 1.04 bits per heavy atom. The Morgan fingerprint density at radius 1 is 0.667 bits per heavy atom. The van der Waals surface area contributed by atoms with Crippen molar-refractivity contribution in [2.75, 3.05) is 0 Å². The maximum atomic E-state index is 11.5. The third-order valence-electron chi connectivity index (χ3n) is 6.24. The fourth-order valence-corrected chi connectivity index (χ4v) is 4.24. The van der Waals surface area contributed by atoms with Crippen molar-refractivity contribution < 1.29 is 19.8 Å². The summed E-state index contributed by atoms with van der Waals surface area (Å²) < 4.78 is 0. The van der Waals surface area contributed by atoms with Gasteiger partial charge in [-0.2, -0.15) is 0 Å². The van der Waals surface area contributed by atoms with Gasteiger partial charge in [0.05, 0.1) is 10.8 Å². The predicted octanol–water partition coefficient (Wildman–Crippen LogP) is 5.90. The zero-order valence-corrected chi connectivity index (χ0v) is 16.4. The highest BCUT2D eigenvalue weighted by atomic mass is 16.4. The number of carboxylic acids is 2. The molecule has 0 aliphatic heterocycles. The van der Waals surface area contributed by atoms with Crippen LogP contribution in [0.1, 0.15) is 83.5 Å². The first kappa shape index (κ1) is 21.5. The fourth-order valence-electron chi connectivity index (χ4n) is 4.24. The van der Waals surface area contributed by atoms with Crippen LogP contribution in [0.15, 0.2) is 36.5 Å². The summed E-state index contributed by atoms with van der Waals surface area (Å²) in [5.41, 5.74) is -1.07. The molecular formula is C23H34O4. The molecule has 0 saturated carbocycles. The number of hydrogen-bond donors (Lipinski definition) is 2. The molecule has 0 saturated heterocycles. The highest BCUT2D eigenvalue weighted by Crippen LogP contribution is 2.39. The summed E-state index contributed by atoms with van der Waals surface area (Å²) in [7, 11) is 0. The molecule has 0 radical (unpaired) electrons. The van der Waals surface area contributed by atoms with Crippen molar-refractivity contribution in [3.8, 4) is 0 Å². The molecular weight excluding hydrogens is 340 g/mol. The van der Waals surface area contributed by atoms with Crippen molar-refractivity contribution in [1.82, 2.24) is 0 Å². The topological polar surface area (TPSA) is 74.6 Å². The van der Waals surface area contributed by atoms with E-state index in [2.05, 4.69) is 12.2 Å². The minimum atomic E-state index is -0.652. The van der Waals surface area contributed by atoms with E-state index in [1.165, 1.54) is 0 Å². The van der Waals surface area contributed by atoms with Gasteiger partial charge in [-0.3, -0.25) is 9.59 Å². The zero-order valence-electron chi connectivity index (χ0n) is 16.4. The molecule has 0 amide bonds. The van der Waals surface area contributed by atoms with Crippen molar-refractivity contribution in [3.05, 3.63) is 36.5 Å². The minimum Gasteiger partial charge on any atom is -0.481 e. The molecule has 0 aromatic carbocycles. The number of carbonyl (C=O) groups is 2. The van der Waals surface area contributed by atoms with Gasteiger partial charge in [-0.25, -0.2) is 0 Å². The first-order valence-electron chi connectivity index (χ1n) is 10.4. The Bertz CT molecular complexity index is 569. The van der Waals surface area contributed by atoms with Crippen LogP contribution in [-0.4, -0.2) is 22.2 Å². The van der Waals surface area contributed by atoms with Gasteiger partial charge < -0.3 is 10.2 Å². The zero-order chi connectivity index (χ0) is 19.6. The summed E-state index contributed by atoms with van der Waals surface area (Å²) >= 11 is 0. The Labute approximate surface area is 163 Å². The average molecular weight is 375 g/mol. The molecule has 0 heterocycles. The number of unbranched alkanes of at least 4 members (excludes halogenated alkanes) is 5. The second-order valence-corrected chi connectivity index (χ2v) is 8.25. The smallest absolute Gasteiger partial charge is 0.310 e. The average Bonchev–Trinajstić information content (AvgIpc) is 3.30. The van der Waals surface area contributed by atoms with Gasteiger partial charge in [0.25, 0.3) is 0 Å². The van der Waals surface area contributed by atoms with Crippen LogP contribution >= 0.6 is 0 Å². The van der Waals surface area contributed by atoms with Crippen molar-refractivity contribution in [1.29, 1.82) is 0 Å². The number of rotatable bonds is 13. The van der Waals surface area contributed by atoms with E-state index >= 15 is 0 Å². The van der Waals surface area contributed by atoms with E-state index in [4.69, 9.17) is 0 Å². The number of carboxylic acid groups (broad SMARTS) is 2. The third-order valence-corrected chi connectivity index (χ3v) is 6.24. The lowest BCUT2D eigenvalue weighted by Crippen LogP contribution is -2.27. The van der Waals surface area contributed by atoms with Crippen LogP contribution in [0.2, 0.25) is 0 Å². The highest BCUT2D eigenvalue weighted by molar-refractivity contribution is 5.76. The number of hydrogen-bond acceptors (Lipinski definition) is 2. The van der Waals surface area contributed by atoms with Crippen LogP contribution in [0, 0.1) is 10.8 Å². The molecule has 0 atom stereocenters. The lowest BCUT2D eigenvalue weighted by Gasteiger charge is -2.23.